The van der Waals surface area contributed by atoms with Crippen molar-refractivity contribution in [3.63, 3.8) is 0 Å². The molecule has 0 nitrogen and oxygen atoms in total. The summed E-state index contributed by atoms with van der Waals surface area (Å²) in [6.45, 7) is 4.00. The van der Waals surface area contributed by atoms with E-state index in [1.54, 1.807) is 0 Å². The first-order valence-electron chi connectivity index (χ1n) is 11.3. The Hall–Kier alpha value is -1.64. The van der Waals surface area contributed by atoms with Crippen LogP contribution in [0.5, 0.6) is 0 Å². The molecule has 3 aromatic carbocycles. The van der Waals surface area contributed by atoms with Crippen LogP contribution in [0.15, 0.2) is 91.0 Å². The Bertz CT molecular complexity index is 688. The molecule has 0 bridgehead atoms. The summed E-state index contributed by atoms with van der Waals surface area (Å²) in [5, 5.41) is 0. The third kappa shape index (κ3) is 6.68. The van der Waals surface area contributed by atoms with E-state index < -0.39 is 0 Å². The van der Waals surface area contributed by atoms with Crippen LogP contribution >= 0.6 is 24.4 Å². The molecule has 160 valence electrons. The zero-order chi connectivity index (χ0) is 21.5. The van der Waals surface area contributed by atoms with Crippen molar-refractivity contribution in [1.82, 2.24) is 0 Å². The number of hydrogen-bond acceptors (Lipinski definition) is 2. The molecule has 0 unspecified atom stereocenters. The predicted molar refractivity (Wildman–Crippen MR) is 140 cm³/mol. The SMILES string of the molecule is CC.SCCCCCCCSC(c1ccccc1)(c1ccccc1)c1ccccc1. The number of benzene rings is 3. The maximum Gasteiger partial charge on any atom is 0.0906 e. The van der Waals surface area contributed by atoms with Crippen molar-refractivity contribution >= 4 is 24.4 Å². The molecule has 0 aromatic heterocycles. The molecule has 0 saturated heterocycles. The minimum Gasteiger partial charge on any atom is -0.179 e. The largest absolute Gasteiger partial charge is 0.179 e. The fourth-order valence-corrected chi connectivity index (χ4v) is 5.52. The molecule has 0 spiro atoms. The van der Waals surface area contributed by atoms with E-state index in [0.29, 0.717) is 0 Å². The number of rotatable bonds is 11. The van der Waals surface area contributed by atoms with Gasteiger partial charge < -0.3 is 0 Å². The molecule has 0 N–H and O–H groups in total. The molecule has 0 aliphatic heterocycles. The third-order valence-electron chi connectivity index (χ3n) is 5.16. The summed E-state index contributed by atoms with van der Waals surface area (Å²) < 4.78 is -0.172. The minimum atomic E-state index is -0.172. The van der Waals surface area contributed by atoms with Gasteiger partial charge >= 0.3 is 0 Å². The van der Waals surface area contributed by atoms with Gasteiger partial charge in [-0.2, -0.15) is 12.6 Å². The van der Waals surface area contributed by atoms with Gasteiger partial charge in [0.2, 0.25) is 0 Å². The van der Waals surface area contributed by atoms with Gasteiger partial charge in [-0.25, -0.2) is 0 Å². The van der Waals surface area contributed by atoms with Gasteiger partial charge in [0.15, 0.2) is 0 Å². The quantitative estimate of drug-likeness (QED) is 0.178. The van der Waals surface area contributed by atoms with Gasteiger partial charge in [-0.1, -0.05) is 124 Å². The first-order chi connectivity index (χ1) is 14.9. The smallest absolute Gasteiger partial charge is 0.0906 e. The molecular formula is C28H36S2. The van der Waals surface area contributed by atoms with Gasteiger partial charge in [0.1, 0.15) is 0 Å². The summed E-state index contributed by atoms with van der Waals surface area (Å²) in [4.78, 5) is 0. The Kier molecular flexibility index (Phi) is 11.8. The summed E-state index contributed by atoms with van der Waals surface area (Å²) in [5.74, 6) is 2.16. The fourth-order valence-electron chi connectivity index (χ4n) is 3.74. The van der Waals surface area contributed by atoms with Crippen molar-refractivity contribution in [3.8, 4) is 0 Å². The van der Waals surface area contributed by atoms with Crippen LogP contribution in [0.3, 0.4) is 0 Å². The van der Waals surface area contributed by atoms with E-state index in [9.17, 15) is 0 Å². The average Bonchev–Trinajstić information content (AvgIpc) is 2.84. The Morgan fingerprint density at radius 3 is 1.33 bits per heavy atom. The first-order valence-corrected chi connectivity index (χ1v) is 12.9. The van der Waals surface area contributed by atoms with Crippen molar-refractivity contribution in [2.45, 2.75) is 50.7 Å². The Morgan fingerprint density at radius 2 is 0.933 bits per heavy atom. The molecule has 30 heavy (non-hydrogen) atoms. The molecule has 0 aliphatic rings. The lowest BCUT2D eigenvalue weighted by Crippen LogP contribution is -2.26. The van der Waals surface area contributed by atoms with Gasteiger partial charge in [0.05, 0.1) is 4.75 Å². The van der Waals surface area contributed by atoms with Crippen molar-refractivity contribution in [2.24, 2.45) is 0 Å². The highest BCUT2D eigenvalue weighted by atomic mass is 32.2. The summed E-state index contributed by atoms with van der Waals surface area (Å²) in [6.07, 6.45) is 6.41. The molecule has 3 aromatic rings. The second kappa shape index (κ2) is 14.4. The molecule has 2 heteroatoms. The highest BCUT2D eigenvalue weighted by Crippen LogP contribution is 2.48. The van der Waals surface area contributed by atoms with Crippen LogP contribution in [-0.4, -0.2) is 11.5 Å². The zero-order valence-corrected chi connectivity index (χ0v) is 20.2. The predicted octanol–water partition coefficient (Wildman–Crippen LogP) is 8.62. The monoisotopic (exact) mass is 436 g/mol. The van der Waals surface area contributed by atoms with Gasteiger partial charge in [0, 0.05) is 0 Å². The van der Waals surface area contributed by atoms with Crippen molar-refractivity contribution in [2.75, 3.05) is 11.5 Å². The van der Waals surface area contributed by atoms with Crippen LogP contribution in [0.25, 0.3) is 0 Å². The van der Waals surface area contributed by atoms with E-state index in [-0.39, 0.29) is 4.75 Å². The number of hydrogen-bond donors (Lipinski definition) is 1. The molecule has 0 heterocycles. The van der Waals surface area contributed by atoms with Crippen LogP contribution in [0.4, 0.5) is 0 Å². The van der Waals surface area contributed by atoms with Crippen LogP contribution in [0.1, 0.15) is 62.6 Å². The van der Waals surface area contributed by atoms with Gasteiger partial charge in [-0.3, -0.25) is 0 Å². The molecule has 0 amide bonds. The normalized spacial score (nSPS) is 10.9. The number of unbranched alkanes of at least 4 members (excludes halogenated alkanes) is 4. The maximum absolute atomic E-state index is 4.32. The third-order valence-corrected chi connectivity index (χ3v) is 7.11. The summed E-state index contributed by atoms with van der Waals surface area (Å²) in [7, 11) is 0. The van der Waals surface area contributed by atoms with Crippen LogP contribution in [0, 0.1) is 0 Å². The minimum absolute atomic E-state index is 0.172. The number of thiol groups is 1. The van der Waals surface area contributed by atoms with Gasteiger partial charge in [-0.05, 0) is 41.0 Å². The lowest BCUT2D eigenvalue weighted by atomic mass is 9.84. The van der Waals surface area contributed by atoms with E-state index in [0.717, 1.165) is 11.5 Å². The Balaban J connectivity index is 0.00000155. The van der Waals surface area contributed by atoms with Gasteiger partial charge in [-0.15, -0.1) is 11.8 Å². The second-order valence-electron chi connectivity index (χ2n) is 7.12. The first kappa shape index (κ1) is 24.6. The molecule has 0 radical (unpaired) electrons. The highest BCUT2D eigenvalue weighted by Gasteiger charge is 2.36. The van der Waals surface area contributed by atoms with E-state index in [2.05, 4.69) is 115 Å². The lowest BCUT2D eigenvalue weighted by Gasteiger charge is -2.35. The topological polar surface area (TPSA) is 0 Å². The average molecular weight is 437 g/mol. The molecule has 0 atom stereocenters. The lowest BCUT2D eigenvalue weighted by molar-refractivity contribution is 0.662. The van der Waals surface area contributed by atoms with Crippen molar-refractivity contribution in [3.05, 3.63) is 108 Å². The van der Waals surface area contributed by atoms with Crippen LogP contribution in [0.2, 0.25) is 0 Å². The van der Waals surface area contributed by atoms with E-state index in [1.165, 1.54) is 48.8 Å². The maximum atomic E-state index is 4.32. The summed E-state index contributed by atoms with van der Waals surface area (Å²) >= 11 is 6.40. The molecule has 3 rings (SSSR count). The summed E-state index contributed by atoms with van der Waals surface area (Å²) in [6, 6.07) is 33.0. The van der Waals surface area contributed by atoms with E-state index in [1.807, 2.05) is 13.8 Å². The Labute approximate surface area is 193 Å². The van der Waals surface area contributed by atoms with Crippen LogP contribution in [-0.2, 0) is 4.75 Å². The van der Waals surface area contributed by atoms with E-state index in [4.69, 9.17) is 0 Å². The summed E-state index contributed by atoms with van der Waals surface area (Å²) in [5.41, 5.74) is 4.06. The molecular weight excluding hydrogens is 400 g/mol. The second-order valence-corrected chi connectivity index (χ2v) is 8.88. The standard InChI is InChI=1S/C26H30S2.C2H6/c27-21-13-2-1-3-14-22-28-26(23-15-7-4-8-16-23,24-17-9-5-10-18-24)25-19-11-6-12-20-25;1-2/h4-12,15-20,27H,1-3,13-14,21-22H2;1-2H3. The molecule has 0 aliphatic carbocycles. The van der Waals surface area contributed by atoms with Crippen molar-refractivity contribution in [1.29, 1.82) is 0 Å². The van der Waals surface area contributed by atoms with Gasteiger partial charge in [0.25, 0.3) is 0 Å². The number of thioether (sulfide) groups is 1. The van der Waals surface area contributed by atoms with Crippen LogP contribution < -0.4 is 0 Å². The Morgan fingerprint density at radius 1 is 0.567 bits per heavy atom. The van der Waals surface area contributed by atoms with E-state index >= 15 is 0 Å². The molecule has 0 saturated carbocycles. The zero-order valence-electron chi connectivity index (χ0n) is 18.5. The van der Waals surface area contributed by atoms with Crippen molar-refractivity contribution < 1.29 is 0 Å². The fraction of sp³-hybridized carbons (Fsp3) is 0.357. The highest BCUT2D eigenvalue weighted by molar-refractivity contribution is 8.00. The molecule has 0 fully saturated rings.